The highest BCUT2D eigenvalue weighted by atomic mass is 15.2. The summed E-state index contributed by atoms with van der Waals surface area (Å²) in [7, 11) is 2.58. The van der Waals surface area contributed by atoms with Crippen LogP contribution in [0.4, 0.5) is 0 Å². The summed E-state index contributed by atoms with van der Waals surface area (Å²) in [4.78, 5) is 45.7. The van der Waals surface area contributed by atoms with Crippen LogP contribution in [0.2, 0.25) is 0 Å². The Kier molecular flexibility index (Phi) is 6.00. The number of nitrogens with one attached hydrogen (secondary N) is 2. The van der Waals surface area contributed by atoms with Crippen molar-refractivity contribution >= 4 is 335 Å². The zero-order valence-corrected chi connectivity index (χ0v) is 63.8. The number of nitrogens with zero attached hydrogens (tertiary/aromatic N) is 7. The number of aromatic amines is 2. The molecule has 116 heavy (non-hydrogen) atoms. The molecule has 7 aliphatic rings. The van der Waals surface area contributed by atoms with E-state index in [4.69, 9.17) is 29.9 Å². The van der Waals surface area contributed by atoms with Crippen LogP contribution >= 0.6 is 0 Å². The molecule has 6 heterocycles. The molecular formula is C107H47N9. The topological polar surface area (TPSA) is 112 Å². The number of aromatic nitrogens is 8. The van der Waals surface area contributed by atoms with Crippen molar-refractivity contribution < 1.29 is 0 Å². The van der Waals surface area contributed by atoms with Crippen molar-refractivity contribution in [1.29, 1.82) is 0 Å². The Hall–Kier alpha value is -13.3. The zero-order chi connectivity index (χ0) is 73.5. The molecule has 1 saturated heterocycles. The number of H-pyrrole nitrogens is 2. The molecule has 0 radical (unpaired) electrons. The van der Waals surface area contributed by atoms with E-state index in [1.165, 1.54) is 22.3 Å². The Balaban J connectivity index is 0.701. The summed E-state index contributed by atoms with van der Waals surface area (Å²) >= 11 is 0. The van der Waals surface area contributed by atoms with Crippen molar-refractivity contribution in [3.05, 3.63) is 117 Å². The number of fused-ring (bicyclic) bond motifs is 20. The molecule has 3 unspecified atom stereocenters. The fourth-order valence-electron chi connectivity index (χ4n) is 33.6. The third-order valence-corrected chi connectivity index (χ3v) is 35.6. The lowest BCUT2D eigenvalue weighted by molar-refractivity contribution is 0.272. The molecule has 3 aliphatic heterocycles. The summed E-state index contributed by atoms with van der Waals surface area (Å²) in [6, 6.07) is 27.5. The Morgan fingerprint density at radius 2 is 0.569 bits per heavy atom. The molecule has 2 spiro atoms. The Morgan fingerprint density at radius 1 is 0.276 bits per heavy atom. The molecule has 9 heteroatoms. The van der Waals surface area contributed by atoms with E-state index in [1.54, 1.807) is 313 Å². The first-order valence-electron chi connectivity index (χ1n) is 42.4. The predicted molar refractivity (Wildman–Crippen MR) is 481 cm³/mol. The molecule has 4 aliphatic carbocycles. The van der Waals surface area contributed by atoms with E-state index in [1.807, 2.05) is 0 Å². The van der Waals surface area contributed by atoms with Crippen LogP contribution in [0.3, 0.4) is 0 Å². The van der Waals surface area contributed by atoms with Crippen LogP contribution in [0.15, 0.2) is 72.8 Å². The molecular weight excluding hydrogens is 1410 g/mol. The van der Waals surface area contributed by atoms with Gasteiger partial charge in [0.25, 0.3) is 0 Å². The molecule has 32 aromatic carbocycles. The summed E-state index contributed by atoms with van der Waals surface area (Å²) in [5.74, 6) is 2.52. The van der Waals surface area contributed by atoms with Crippen LogP contribution in [-0.2, 0) is 27.1 Å². The van der Waals surface area contributed by atoms with E-state index in [9.17, 15) is 0 Å². The van der Waals surface area contributed by atoms with Crippen LogP contribution < -0.4 is 0 Å². The normalized spacial score (nSPS) is 19.9. The summed E-state index contributed by atoms with van der Waals surface area (Å²) in [5, 5.41) is 91.5. The van der Waals surface area contributed by atoms with E-state index < -0.39 is 10.8 Å². The van der Waals surface area contributed by atoms with Gasteiger partial charge in [-0.15, -0.1) is 0 Å². The lowest BCUT2D eigenvalue weighted by Gasteiger charge is -2.50. The minimum atomic E-state index is -0.576. The molecule has 42 rings (SSSR count). The van der Waals surface area contributed by atoms with Crippen molar-refractivity contribution in [3.63, 3.8) is 0 Å². The first-order valence-corrected chi connectivity index (χ1v) is 42.4. The van der Waals surface area contributed by atoms with Crippen LogP contribution in [0.1, 0.15) is 113 Å². The quantitative estimate of drug-likeness (QED) is 0.157. The van der Waals surface area contributed by atoms with Gasteiger partial charge >= 0.3 is 0 Å². The van der Waals surface area contributed by atoms with Crippen LogP contribution in [0.25, 0.3) is 381 Å². The molecule has 1 fully saturated rings. The average Bonchev–Trinajstić information content (AvgIpc) is 1.38. The highest BCUT2D eigenvalue weighted by Crippen LogP contribution is 2.87. The molecule has 35 aromatic rings. The van der Waals surface area contributed by atoms with Crippen molar-refractivity contribution in [3.8, 4) is 45.6 Å². The van der Waals surface area contributed by atoms with Crippen LogP contribution in [0, 0.1) is 0 Å². The number of hydrogen-bond donors (Lipinski definition) is 2. The van der Waals surface area contributed by atoms with Gasteiger partial charge in [-0.1, -0.05) is 129 Å². The fraction of sp³-hybridized carbons (Fsp3) is 0.159. The Morgan fingerprint density at radius 3 is 0.983 bits per heavy atom. The van der Waals surface area contributed by atoms with Gasteiger partial charge in [-0.2, -0.15) is 0 Å². The number of rotatable bonds is 1. The van der Waals surface area contributed by atoms with E-state index >= 15 is 0 Å². The molecule has 2 N–H and O–H groups in total. The lowest BCUT2D eigenvalue weighted by atomic mass is 9.49. The van der Waals surface area contributed by atoms with E-state index in [0.717, 1.165) is 61.6 Å². The SMILES string of the molecule is CN1CC23c4c5c6c7c8c9c(c%10c%11c2c2c%12c4c4c%13c5c5c7c7c8c8c%14c9c%10c9c%10c%11c2c2c%11c%12c4c4c%12c%13c5c5c7c7c8c8c%14c9c9c%10c2c2c%11c4c4c%12c5c7c5c8c9c2c45)C63C1c1ccc2c(c1)-c1nc-2nc2[nH]c(nc3nc(nc4[nH]c(n1)c1cccc(C(C)(C)C)c41)-c1cccc(C(C)(C)C)c1-3)c1c(C(C)(C)C)cccc21. The minimum Gasteiger partial charge on any atom is -0.324 e. The summed E-state index contributed by atoms with van der Waals surface area (Å²) < 4.78 is 0. The van der Waals surface area contributed by atoms with Crippen molar-refractivity contribution in [2.75, 3.05) is 13.6 Å². The lowest BCUT2D eigenvalue weighted by Crippen LogP contribution is -2.50. The monoisotopic (exact) mass is 1460 g/mol. The van der Waals surface area contributed by atoms with E-state index in [-0.39, 0.29) is 22.3 Å². The molecule has 520 valence electrons. The number of hydrogen-bond acceptors (Lipinski definition) is 7. The first-order chi connectivity index (χ1) is 56.5. The van der Waals surface area contributed by atoms with Gasteiger partial charge in [0.1, 0.15) is 22.6 Å². The van der Waals surface area contributed by atoms with Gasteiger partial charge in [-0.3, -0.25) is 4.90 Å². The molecule has 9 nitrogen and oxygen atoms in total. The number of benzene rings is 21. The minimum absolute atomic E-state index is 0.124. The average molecular weight is 1460 g/mol. The first kappa shape index (κ1) is 52.1. The fourth-order valence-corrected chi connectivity index (χ4v) is 33.6. The summed E-state index contributed by atoms with van der Waals surface area (Å²) in [5.41, 5.74) is 16.6. The smallest absolute Gasteiger partial charge is 0.165 e. The molecule has 3 aromatic heterocycles. The second kappa shape index (κ2) is 13.4. The van der Waals surface area contributed by atoms with E-state index in [0.29, 0.717) is 34.6 Å². The maximum absolute atomic E-state index is 6.02. The van der Waals surface area contributed by atoms with Gasteiger partial charge in [0.05, 0.1) is 10.8 Å². The van der Waals surface area contributed by atoms with Crippen molar-refractivity contribution in [1.82, 2.24) is 44.8 Å². The van der Waals surface area contributed by atoms with Gasteiger partial charge < -0.3 is 9.97 Å². The van der Waals surface area contributed by atoms with Gasteiger partial charge in [-0.25, -0.2) is 29.9 Å². The summed E-state index contributed by atoms with van der Waals surface area (Å²) in [6.07, 6.45) is 0. The van der Waals surface area contributed by atoms with Gasteiger partial charge in [-0.05, 0) is 365 Å². The van der Waals surface area contributed by atoms with Crippen molar-refractivity contribution in [2.45, 2.75) is 95.4 Å². The van der Waals surface area contributed by atoms with Gasteiger partial charge in [0, 0.05) is 56.4 Å². The van der Waals surface area contributed by atoms with Gasteiger partial charge in [0.15, 0.2) is 23.3 Å². The Labute approximate surface area is 647 Å². The second-order valence-electron chi connectivity index (χ2n) is 42.1. The van der Waals surface area contributed by atoms with Crippen LogP contribution in [-0.4, -0.2) is 58.4 Å². The van der Waals surface area contributed by atoms with Gasteiger partial charge in [0.2, 0.25) is 0 Å². The maximum atomic E-state index is 6.02. The largest absolute Gasteiger partial charge is 0.324 e. The second-order valence-corrected chi connectivity index (χ2v) is 42.1. The third kappa shape index (κ3) is 3.76. The predicted octanol–water partition coefficient (Wildman–Crippen LogP) is 27.1. The van der Waals surface area contributed by atoms with Crippen molar-refractivity contribution in [2.24, 2.45) is 0 Å². The molecule has 0 saturated carbocycles. The summed E-state index contributed by atoms with van der Waals surface area (Å²) in [6.45, 7) is 21.6. The Bertz CT molecular complexity index is 11100. The standard InChI is InChI=1S/C107H47N9/c1-103(2,3)30-17-11-14-26-33(30)100-111-97(26)110-99-29-22-24(20-21-25(29)95(109-99)108-96-27-15-12-18-31(104(4,5)6)34(27)101(112-96)115-102-35-28(98(113-100)114-102)16-13-19-32(35)105(7,8)9)94-107-92-85-77-65-57-48-39-37-36-38-42(39)51-58-56-47(38)49-45-40(36)43-44-41(37)46-50(48)63(65)71-69-55(46)53(44)61-60-52(43)54(45)68-70-62(49)64(56)76-78-66(58)67(59(51)57)79(77)88(92)87(78)90-83(76)81(70)84-74(68)72(60)80-73(61)75(69)86(82(71)85)93(107)89(80)91(84)106(90,107)23-116(94)10/h11-22,94H,23H2,1-10H3,(H2,108,109,110,111,112,113,114,115). The zero-order valence-electron chi connectivity index (χ0n) is 63.8. The molecule has 3 atom stereocenters. The van der Waals surface area contributed by atoms with Crippen LogP contribution in [0.5, 0.6) is 0 Å². The highest BCUT2D eigenvalue weighted by Gasteiger charge is 2.76. The highest BCUT2D eigenvalue weighted by molar-refractivity contribution is 6.82. The maximum Gasteiger partial charge on any atom is 0.165 e. The molecule has 8 bridgehead atoms. The number of likely N-dealkylation sites (N-methyl/N-ethyl adjacent to an activating group) is 1. The molecule has 0 amide bonds. The number of likely N-dealkylation sites (tertiary alicyclic amines) is 1. The third-order valence-electron chi connectivity index (χ3n) is 35.6. The van der Waals surface area contributed by atoms with E-state index in [2.05, 4.69) is 157 Å².